The summed E-state index contributed by atoms with van der Waals surface area (Å²) in [4.78, 5) is 0. The zero-order chi connectivity index (χ0) is 14.9. The molecule has 1 aliphatic rings. The van der Waals surface area contributed by atoms with E-state index in [2.05, 4.69) is 33.0 Å². The van der Waals surface area contributed by atoms with Crippen LogP contribution in [0.15, 0.2) is 54.6 Å². The number of hydrogen-bond acceptors (Lipinski definition) is 4. The van der Waals surface area contributed by atoms with E-state index in [1.165, 1.54) is 5.56 Å². The Balaban J connectivity index is 1.73. The van der Waals surface area contributed by atoms with Crippen molar-refractivity contribution >= 4 is 17.5 Å². The van der Waals surface area contributed by atoms with Gasteiger partial charge in [0.25, 0.3) is 0 Å². The molecule has 2 heterocycles. The van der Waals surface area contributed by atoms with Crippen LogP contribution < -0.4 is 5.32 Å². The monoisotopic (exact) mass is 311 g/mol. The first-order chi connectivity index (χ1) is 10.8. The Hall–Kier alpha value is -2.40. The fraction of sp³-hybridized carbons (Fsp3) is 0.188. The summed E-state index contributed by atoms with van der Waals surface area (Å²) in [6.45, 7) is 0. The normalized spacial score (nSPS) is 20.2. The molecule has 1 aliphatic heterocycles. The first kappa shape index (κ1) is 13.3. The first-order valence-electron chi connectivity index (χ1n) is 7.16. The fourth-order valence-corrected chi connectivity index (χ4v) is 3.03. The predicted octanol–water partition coefficient (Wildman–Crippen LogP) is 3.47. The molecule has 0 saturated carbocycles. The van der Waals surface area contributed by atoms with Crippen LogP contribution in [0.4, 0.5) is 5.95 Å². The third kappa shape index (κ3) is 2.33. The average molecular weight is 312 g/mol. The van der Waals surface area contributed by atoms with Crippen LogP contribution in [0.3, 0.4) is 0 Å². The van der Waals surface area contributed by atoms with Crippen molar-refractivity contribution in [3.8, 4) is 0 Å². The van der Waals surface area contributed by atoms with Gasteiger partial charge in [-0.05, 0) is 40.1 Å². The number of nitrogens with one attached hydrogen (secondary N) is 1. The molecule has 2 atom stereocenters. The number of nitrogens with zero attached hydrogens (tertiary/aromatic N) is 4. The van der Waals surface area contributed by atoms with Gasteiger partial charge in [-0.15, -0.1) is 0 Å². The number of fused-ring (bicyclic) bond motifs is 1. The summed E-state index contributed by atoms with van der Waals surface area (Å²) < 4.78 is 1.84. The van der Waals surface area contributed by atoms with E-state index in [0.717, 1.165) is 17.0 Å². The van der Waals surface area contributed by atoms with Gasteiger partial charge in [0.1, 0.15) is 0 Å². The van der Waals surface area contributed by atoms with Gasteiger partial charge in [-0.25, -0.2) is 4.68 Å². The molecule has 0 saturated heterocycles. The van der Waals surface area contributed by atoms with E-state index < -0.39 is 0 Å². The van der Waals surface area contributed by atoms with E-state index in [-0.39, 0.29) is 12.1 Å². The molecule has 22 heavy (non-hydrogen) atoms. The maximum absolute atomic E-state index is 5.99. The van der Waals surface area contributed by atoms with Crippen molar-refractivity contribution < 1.29 is 0 Å². The van der Waals surface area contributed by atoms with Crippen LogP contribution >= 0.6 is 11.6 Å². The van der Waals surface area contributed by atoms with E-state index in [0.29, 0.717) is 5.95 Å². The van der Waals surface area contributed by atoms with Gasteiger partial charge in [0.2, 0.25) is 5.95 Å². The standard InChI is InChI=1S/C16H14ClN5/c17-13-8-6-12(7-9-13)15-10-14(11-4-2-1-3-5-11)18-16-19-20-21-22(15)16/h1-9,14-15H,10H2,(H,18,19,21)/t14-,15+/m1/s1. The molecule has 5 nitrogen and oxygen atoms in total. The van der Waals surface area contributed by atoms with Gasteiger partial charge in [-0.1, -0.05) is 59.2 Å². The lowest BCUT2D eigenvalue weighted by atomic mass is 9.93. The number of halogens is 1. The molecule has 1 aromatic heterocycles. The third-order valence-electron chi connectivity index (χ3n) is 4.01. The number of benzene rings is 2. The number of aromatic nitrogens is 4. The van der Waals surface area contributed by atoms with Gasteiger partial charge in [-0.3, -0.25) is 0 Å². The molecule has 0 spiro atoms. The summed E-state index contributed by atoms with van der Waals surface area (Å²) in [7, 11) is 0. The Bertz CT molecular complexity index is 769. The number of rotatable bonds is 2. The minimum atomic E-state index is 0.0914. The maximum atomic E-state index is 5.99. The molecule has 0 radical (unpaired) electrons. The van der Waals surface area contributed by atoms with Gasteiger partial charge in [0, 0.05) is 5.02 Å². The van der Waals surface area contributed by atoms with Gasteiger partial charge in [-0.2, -0.15) is 0 Å². The highest BCUT2D eigenvalue weighted by molar-refractivity contribution is 6.30. The van der Waals surface area contributed by atoms with Crippen molar-refractivity contribution in [2.24, 2.45) is 0 Å². The molecule has 0 aliphatic carbocycles. The quantitative estimate of drug-likeness (QED) is 0.787. The van der Waals surface area contributed by atoms with Crippen LogP contribution in [0.25, 0.3) is 0 Å². The van der Waals surface area contributed by atoms with Crippen molar-refractivity contribution in [3.63, 3.8) is 0 Å². The molecule has 1 N–H and O–H groups in total. The summed E-state index contributed by atoms with van der Waals surface area (Å²) in [5, 5.41) is 16.2. The van der Waals surface area contributed by atoms with Crippen molar-refractivity contribution in [2.45, 2.75) is 18.5 Å². The van der Waals surface area contributed by atoms with E-state index in [1.807, 2.05) is 47.1 Å². The summed E-state index contributed by atoms with van der Waals surface area (Å²) in [5.41, 5.74) is 2.39. The number of tetrazole rings is 1. The van der Waals surface area contributed by atoms with E-state index in [1.54, 1.807) is 0 Å². The molecule has 0 fully saturated rings. The van der Waals surface area contributed by atoms with E-state index in [9.17, 15) is 0 Å². The van der Waals surface area contributed by atoms with Crippen LogP contribution in [0.1, 0.15) is 29.6 Å². The van der Waals surface area contributed by atoms with Crippen LogP contribution in [0.2, 0.25) is 5.02 Å². The Morgan fingerprint density at radius 3 is 2.55 bits per heavy atom. The van der Waals surface area contributed by atoms with Crippen molar-refractivity contribution in [1.82, 2.24) is 20.2 Å². The zero-order valence-electron chi connectivity index (χ0n) is 11.7. The molecule has 6 heteroatoms. The Morgan fingerprint density at radius 2 is 1.77 bits per heavy atom. The SMILES string of the molecule is Clc1ccc([C@@H]2C[C@H](c3ccccc3)Nc3nnnn32)cc1. The van der Waals surface area contributed by atoms with Gasteiger partial charge in [0.15, 0.2) is 0 Å². The molecular weight excluding hydrogens is 298 g/mol. The topological polar surface area (TPSA) is 55.6 Å². The highest BCUT2D eigenvalue weighted by Gasteiger charge is 2.30. The minimum Gasteiger partial charge on any atom is -0.346 e. The van der Waals surface area contributed by atoms with Crippen molar-refractivity contribution in [3.05, 3.63) is 70.7 Å². The van der Waals surface area contributed by atoms with Gasteiger partial charge < -0.3 is 5.32 Å². The second-order valence-electron chi connectivity index (χ2n) is 5.36. The second-order valence-corrected chi connectivity index (χ2v) is 5.79. The molecule has 110 valence electrons. The van der Waals surface area contributed by atoms with E-state index >= 15 is 0 Å². The van der Waals surface area contributed by atoms with Crippen LogP contribution in [0.5, 0.6) is 0 Å². The fourth-order valence-electron chi connectivity index (χ4n) is 2.90. The molecule has 0 bridgehead atoms. The van der Waals surface area contributed by atoms with Crippen molar-refractivity contribution in [2.75, 3.05) is 5.32 Å². The summed E-state index contributed by atoms with van der Waals surface area (Å²) in [6, 6.07) is 18.5. The minimum absolute atomic E-state index is 0.0914. The first-order valence-corrected chi connectivity index (χ1v) is 7.54. The Labute approximate surface area is 132 Å². The molecule has 3 aromatic rings. The summed E-state index contributed by atoms with van der Waals surface area (Å²) in [6.07, 6.45) is 0.879. The highest BCUT2D eigenvalue weighted by atomic mass is 35.5. The lowest BCUT2D eigenvalue weighted by Gasteiger charge is -2.31. The predicted molar refractivity (Wildman–Crippen MR) is 84.8 cm³/mol. The number of anilines is 1. The van der Waals surface area contributed by atoms with Crippen LogP contribution in [-0.4, -0.2) is 20.2 Å². The van der Waals surface area contributed by atoms with Gasteiger partial charge in [0.05, 0.1) is 12.1 Å². The largest absolute Gasteiger partial charge is 0.346 e. The van der Waals surface area contributed by atoms with Gasteiger partial charge >= 0.3 is 0 Å². The Morgan fingerprint density at radius 1 is 1.00 bits per heavy atom. The average Bonchev–Trinajstić information content (AvgIpc) is 3.04. The second kappa shape index (κ2) is 5.42. The smallest absolute Gasteiger partial charge is 0.243 e. The highest BCUT2D eigenvalue weighted by Crippen LogP contribution is 2.37. The molecular formula is C16H14ClN5. The Kier molecular flexibility index (Phi) is 3.27. The lowest BCUT2D eigenvalue weighted by molar-refractivity contribution is 0.424. The van der Waals surface area contributed by atoms with Crippen LogP contribution in [-0.2, 0) is 0 Å². The van der Waals surface area contributed by atoms with Crippen LogP contribution in [0, 0.1) is 0 Å². The number of hydrogen-bond donors (Lipinski definition) is 1. The lowest BCUT2D eigenvalue weighted by Crippen LogP contribution is -2.28. The zero-order valence-corrected chi connectivity index (χ0v) is 12.5. The summed E-state index contributed by atoms with van der Waals surface area (Å²) in [5.74, 6) is 0.694. The molecule has 0 unspecified atom stereocenters. The molecule has 0 amide bonds. The van der Waals surface area contributed by atoms with Crippen molar-refractivity contribution in [1.29, 1.82) is 0 Å². The molecule has 2 aromatic carbocycles. The maximum Gasteiger partial charge on any atom is 0.243 e. The molecule has 4 rings (SSSR count). The van der Waals surface area contributed by atoms with E-state index in [4.69, 9.17) is 11.6 Å². The summed E-state index contributed by atoms with van der Waals surface area (Å²) >= 11 is 5.99. The third-order valence-corrected chi connectivity index (χ3v) is 4.26.